The molecule has 0 fully saturated rings. The lowest BCUT2D eigenvalue weighted by Gasteiger charge is -2.15. The molecule has 0 bridgehead atoms. The molecular formula is C13H15ClN2S. The minimum atomic E-state index is 0.0734. The van der Waals surface area contributed by atoms with Crippen molar-refractivity contribution < 1.29 is 0 Å². The lowest BCUT2D eigenvalue weighted by Crippen LogP contribution is -2.29. The van der Waals surface area contributed by atoms with E-state index in [1.807, 2.05) is 11.4 Å². The van der Waals surface area contributed by atoms with Gasteiger partial charge in [-0.25, -0.2) is 0 Å². The first-order valence-electron chi connectivity index (χ1n) is 5.45. The number of aryl methyl sites for hydroxylation is 1. The topological polar surface area (TPSA) is 38.0 Å². The molecule has 17 heavy (non-hydrogen) atoms. The highest BCUT2D eigenvalue weighted by Gasteiger charge is 2.15. The second-order valence-corrected chi connectivity index (χ2v) is 5.40. The Morgan fingerprint density at radius 3 is 2.82 bits per heavy atom. The van der Waals surface area contributed by atoms with E-state index in [1.54, 1.807) is 11.3 Å². The van der Waals surface area contributed by atoms with Crippen LogP contribution in [0.15, 0.2) is 35.7 Å². The number of benzene rings is 1. The summed E-state index contributed by atoms with van der Waals surface area (Å²) in [6.07, 6.45) is 0.846. The number of hydrogen-bond donors (Lipinski definition) is 2. The zero-order chi connectivity index (χ0) is 12.3. The predicted molar refractivity (Wildman–Crippen MR) is 74.3 cm³/mol. The van der Waals surface area contributed by atoms with Crippen LogP contribution in [0.4, 0.5) is 0 Å². The van der Waals surface area contributed by atoms with Gasteiger partial charge < -0.3 is 0 Å². The second kappa shape index (κ2) is 5.65. The van der Waals surface area contributed by atoms with Crippen LogP contribution in [0.5, 0.6) is 0 Å². The van der Waals surface area contributed by atoms with Crippen LogP contribution in [0, 0.1) is 6.92 Å². The molecule has 1 atom stereocenters. The van der Waals surface area contributed by atoms with Gasteiger partial charge in [0, 0.05) is 4.88 Å². The summed E-state index contributed by atoms with van der Waals surface area (Å²) >= 11 is 7.76. The van der Waals surface area contributed by atoms with E-state index in [1.165, 1.54) is 11.1 Å². The zero-order valence-electron chi connectivity index (χ0n) is 9.61. The number of hydrogen-bond acceptors (Lipinski definition) is 3. The SMILES string of the molecule is Cc1cccc(CC(NN)c2sccc2Cl)c1. The molecule has 3 N–H and O–H groups in total. The number of hydrazine groups is 1. The molecule has 2 nitrogen and oxygen atoms in total. The maximum absolute atomic E-state index is 6.13. The second-order valence-electron chi connectivity index (χ2n) is 4.05. The quantitative estimate of drug-likeness (QED) is 0.657. The Morgan fingerprint density at radius 2 is 2.24 bits per heavy atom. The Hall–Kier alpha value is -0.870. The van der Waals surface area contributed by atoms with Crippen molar-refractivity contribution in [3.05, 3.63) is 56.7 Å². The Bertz CT molecular complexity index is 496. The van der Waals surface area contributed by atoms with E-state index in [9.17, 15) is 0 Å². The van der Waals surface area contributed by atoms with Crippen LogP contribution in [0.3, 0.4) is 0 Å². The minimum absolute atomic E-state index is 0.0734. The number of rotatable bonds is 4. The van der Waals surface area contributed by atoms with Crippen LogP contribution in [-0.2, 0) is 6.42 Å². The van der Waals surface area contributed by atoms with E-state index in [0.29, 0.717) is 0 Å². The van der Waals surface area contributed by atoms with E-state index in [0.717, 1.165) is 16.3 Å². The molecule has 1 heterocycles. The van der Waals surface area contributed by atoms with Gasteiger partial charge in [-0.15, -0.1) is 11.3 Å². The molecule has 0 aliphatic heterocycles. The van der Waals surface area contributed by atoms with Gasteiger partial charge in [-0.3, -0.25) is 11.3 Å². The normalized spacial score (nSPS) is 12.6. The summed E-state index contributed by atoms with van der Waals surface area (Å²) in [5.41, 5.74) is 5.36. The van der Waals surface area contributed by atoms with Crippen molar-refractivity contribution in [1.82, 2.24) is 5.43 Å². The molecule has 2 aromatic rings. The molecule has 0 saturated heterocycles. The van der Waals surface area contributed by atoms with Crippen LogP contribution in [0.2, 0.25) is 5.02 Å². The number of thiophene rings is 1. The first-order chi connectivity index (χ1) is 8.20. The number of nitrogens with two attached hydrogens (primary N) is 1. The maximum atomic E-state index is 6.13. The van der Waals surface area contributed by atoms with Gasteiger partial charge in [0.15, 0.2) is 0 Å². The average molecular weight is 267 g/mol. The molecule has 0 aliphatic carbocycles. The summed E-state index contributed by atoms with van der Waals surface area (Å²) in [6, 6.07) is 10.4. The molecular weight excluding hydrogens is 252 g/mol. The summed E-state index contributed by atoms with van der Waals surface area (Å²) in [4.78, 5) is 1.09. The summed E-state index contributed by atoms with van der Waals surface area (Å²) < 4.78 is 0. The van der Waals surface area contributed by atoms with Gasteiger partial charge in [0.1, 0.15) is 0 Å². The highest BCUT2D eigenvalue weighted by Crippen LogP contribution is 2.30. The average Bonchev–Trinajstić information content (AvgIpc) is 2.72. The van der Waals surface area contributed by atoms with Crippen molar-refractivity contribution in [3.8, 4) is 0 Å². The van der Waals surface area contributed by atoms with Crippen molar-refractivity contribution in [1.29, 1.82) is 0 Å². The van der Waals surface area contributed by atoms with Crippen LogP contribution in [-0.4, -0.2) is 0 Å². The van der Waals surface area contributed by atoms with E-state index in [-0.39, 0.29) is 6.04 Å². The first kappa shape index (κ1) is 12.6. The highest BCUT2D eigenvalue weighted by molar-refractivity contribution is 7.10. The smallest absolute Gasteiger partial charge is 0.0608 e. The van der Waals surface area contributed by atoms with Crippen LogP contribution < -0.4 is 11.3 Å². The van der Waals surface area contributed by atoms with Gasteiger partial charge in [0.05, 0.1) is 11.1 Å². The van der Waals surface area contributed by atoms with E-state index < -0.39 is 0 Å². The molecule has 2 rings (SSSR count). The first-order valence-corrected chi connectivity index (χ1v) is 6.71. The molecule has 0 saturated carbocycles. The Labute approximate surface area is 110 Å². The predicted octanol–water partition coefficient (Wildman–Crippen LogP) is 3.46. The number of nitrogens with one attached hydrogen (secondary N) is 1. The fourth-order valence-electron chi connectivity index (χ4n) is 1.86. The fourth-order valence-corrected chi connectivity index (χ4v) is 3.11. The van der Waals surface area contributed by atoms with Crippen molar-refractivity contribution >= 4 is 22.9 Å². The third kappa shape index (κ3) is 3.07. The Kier molecular flexibility index (Phi) is 4.18. The van der Waals surface area contributed by atoms with Crippen LogP contribution >= 0.6 is 22.9 Å². The molecule has 0 radical (unpaired) electrons. The third-order valence-corrected chi connectivity index (χ3v) is 4.16. The largest absolute Gasteiger partial charge is 0.271 e. The third-order valence-electron chi connectivity index (χ3n) is 2.68. The molecule has 0 amide bonds. The zero-order valence-corrected chi connectivity index (χ0v) is 11.2. The fraction of sp³-hybridized carbons (Fsp3) is 0.231. The highest BCUT2D eigenvalue weighted by atomic mass is 35.5. The van der Waals surface area contributed by atoms with Gasteiger partial charge in [-0.2, -0.15) is 0 Å². The van der Waals surface area contributed by atoms with Crippen molar-refractivity contribution in [2.75, 3.05) is 0 Å². The van der Waals surface area contributed by atoms with Gasteiger partial charge in [0.2, 0.25) is 0 Å². The molecule has 1 aromatic carbocycles. The molecule has 90 valence electrons. The van der Waals surface area contributed by atoms with Gasteiger partial charge >= 0.3 is 0 Å². The monoisotopic (exact) mass is 266 g/mol. The van der Waals surface area contributed by atoms with E-state index >= 15 is 0 Å². The van der Waals surface area contributed by atoms with Gasteiger partial charge in [-0.1, -0.05) is 41.4 Å². The lowest BCUT2D eigenvalue weighted by atomic mass is 10.0. The summed E-state index contributed by atoms with van der Waals surface area (Å²) in [5.74, 6) is 5.62. The standard InChI is InChI=1S/C13H15ClN2S/c1-9-3-2-4-10(7-9)8-12(16-15)13-11(14)5-6-17-13/h2-7,12,16H,8,15H2,1H3. The molecule has 0 aliphatic rings. The van der Waals surface area contributed by atoms with E-state index in [4.69, 9.17) is 17.4 Å². The molecule has 4 heteroatoms. The van der Waals surface area contributed by atoms with Gasteiger partial charge in [-0.05, 0) is 30.4 Å². The van der Waals surface area contributed by atoms with Gasteiger partial charge in [0.25, 0.3) is 0 Å². The van der Waals surface area contributed by atoms with Crippen LogP contribution in [0.1, 0.15) is 22.0 Å². The Balaban J connectivity index is 2.19. The van der Waals surface area contributed by atoms with E-state index in [2.05, 4.69) is 36.6 Å². The summed E-state index contributed by atoms with van der Waals surface area (Å²) in [6.45, 7) is 2.09. The summed E-state index contributed by atoms with van der Waals surface area (Å²) in [5, 5.41) is 2.77. The molecule has 0 spiro atoms. The van der Waals surface area contributed by atoms with Crippen molar-refractivity contribution in [3.63, 3.8) is 0 Å². The van der Waals surface area contributed by atoms with Crippen molar-refractivity contribution in [2.24, 2.45) is 5.84 Å². The lowest BCUT2D eigenvalue weighted by molar-refractivity contribution is 0.560. The Morgan fingerprint density at radius 1 is 1.41 bits per heavy atom. The molecule has 1 aromatic heterocycles. The van der Waals surface area contributed by atoms with Crippen molar-refractivity contribution in [2.45, 2.75) is 19.4 Å². The number of halogens is 1. The minimum Gasteiger partial charge on any atom is -0.271 e. The maximum Gasteiger partial charge on any atom is 0.0608 e. The summed E-state index contributed by atoms with van der Waals surface area (Å²) in [7, 11) is 0. The molecule has 1 unspecified atom stereocenters. The van der Waals surface area contributed by atoms with Crippen LogP contribution in [0.25, 0.3) is 0 Å².